The van der Waals surface area contributed by atoms with E-state index in [9.17, 15) is 9.59 Å². The molecule has 14 heavy (non-hydrogen) atoms. The number of carboxylic acids is 1. The van der Waals surface area contributed by atoms with E-state index in [0.717, 1.165) is 25.8 Å². The van der Waals surface area contributed by atoms with Crippen molar-refractivity contribution in [3.05, 3.63) is 0 Å². The van der Waals surface area contributed by atoms with Crippen LogP contribution >= 0.6 is 0 Å². The van der Waals surface area contributed by atoms with E-state index in [4.69, 9.17) is 5.11 Å². The number of rotatable bonds is 3. The van der Waals surface area contributed by atoms with Crippen molar-refractivity contribution in [1.82, 2.24) is 10.6 Å². The molecule has 1 aliphatic rings. The minimum absolute atomic E-state index is 0.209. The number of nitrogens with one attached hydrogen (secondary N) is 2. The predicted octanol–water partition coefficient (Wildman–Crippen LogP) is -0.282. The number of carbonyl (C=O) groups excluding carboxylic acids is 1. The summed E-state index contributed by atoms with van der Waals surface area (Å²) in [5.41, 5.74) is 0. The standard InChI is InChI=1S/C9H16N2O3/c1-6(9(13)14)11-8(12)7-4-2-3-5-10-7/h6-7,10H,2-5H2,1H3,(H,11,12)(H,13,14)/t6-,7-/m1/s1. The molecule has 0 spiro atoms. The van der Waals surface area contributed by atoms with E-state index in [1.54, 1.807) is 0 Å². The first-order chi connectivity index (χ1) is 6.61. The van der Waals surface area contributed by atoms with Gasteiger partial charge in [0.05, 0.1) is 6.04 Å². The van der Waals surface area contributed by atoms with Gasteiger partial charge in [-0.3, -0.25) is 9.59 Å². The lowest BCUT2D eigenvalue weighted by Crippen LogP contribution is -2.50. The smallest absolute Gasteiger partial charge is 0.325 e. The van der Waals surface area contributed by atoms with Crippen LogP contribution in [0.3, 0.4) is 0 Å². The molecule has 1 aliphatic heterocycles. The van der Waals surface area contributed by atoms with Crippen molar-refractivity contribution in [3.63, 3.8) is 0 Å². The lowest BCUT2D eigenvalue weighted by molar-refractivity contribution is -0.141. The van der Waals surface area contributed by atoms with Gasteiger partial charge < -0.3 is 15.7 Å². The number of hydrogen-bond acceptors (Lipinski definition) is 3. The van der Waals surface area contributed by atoms with Gasteiger partial charge in [0, 0.05) is 0 Å². The second-order valence-corrected chi connectivity index (χ2v) is 3.57. The Morgan fingerprint density at radius 1 is 1.50 bits per heavy atom. The molecular formula is C9H16N2O3. The maximum Gasteiger partial charge on any atom is 0.325 e. The largest absolute Gasteiger partial charge is 0.480 e. The number of aliphatic carboxylic acids is 1. The minimum atomic E-state index is -1.01. The molecule has 0 aromatic heterocycles. The Morgan fingerprint density at radius 3 is 2.71 bits per heavy atom. The van der Waals surface area contributed by atoms with E-state index in [0.29, 0.717) is 0 Å². The average molecular weight is 200 g/mol. The lowest BCUT2D eigenvalue weighted by atomic mass is 10.0. The normalized spacial score (nSPS) is 23.9. The molecule has 1 amide bonds. The van der Waals surface area contributed by atoms with Crippen molar-refractivity contribution in [1.29, 1.82) is 0 Å². The van der Waals surface area contributed by atoms with Gasteiger partial charge in [-0.1, -0.05) is 6.42 Å². The first kappa shape index (κ1) is 11.0. The van der Waals surface area contributed by atoms with Gasteiger partial charge in [-0.05, 0) is 26.3 Å². The molecule has 0 aromatic rings. The van der Waals surface area contributed by atoms with Crippen molar-refractivity contribution >= 4 is 11.9 Å². The first-order valence-electron chi connectivity index (χ1n) is 4.88. The predicted molar refractivity (Wildman–Crippen MR) is 50.9 cm³/mol. The van der Waals surface area contributed by atoms with Crippen LogP contribution in [0, 0.1) is 0 Å². The van der Waals surface area contributed by atoms with Gasteiger partial charge in [-0.2, -0.15) is 0 Å². The van der Waals surface area contributed by atoms with E-state index < -0.39 is 12.0 Å². The van der Waals surface area contributed by atoms with Crippen LogP contribution in [0.2, 0.25) is 0 Å². The van der Waals surface area contributed by atoms with E-state index in [2.05, 4.69) is 10.6 Å². The highest BCUT2D eigenvalue weighted by molar-refractivity contribution is 5.86. The van der Waals surface area contributed by atoms with Gasteiger partial charge in [-0.15, -0.1) is 0 Å². The van der Waals surface area contributed by atoms with Gasteiger partial charge in [-0.25, -0.2) is 0 Å². The molecule has 80 valence electrons. The zero-order valence-electron chi connectivity index (χ0n) is 8.25. The molecule has 1 heterocycles. The van der Waals surface area contributed by atoms with E-state index in [1.165, 1.54) is 6.92 Å². The van der Waals surface area contributed by atoms with Crippen LogP contribution in [0.5, 0.6) is 0 Å². The summed E-state index contributed by atoms with van der Waals surface area (Å²) in [5.74, 6) is -1.21. The minimum Gasteiger partial charge on any atom is -0.480 e. The Kier molecular flexibility index (Phi) is 3.88. The molecule has 1 fully saturated rings. The Bertz CT molecular complexity index is 224. The molecule has 0 unspecified atom stereocenters. The molecule has 5 nitrogen and oxygen atoms in total. The zero-order chi connectivity index (χ0) is 10.6. The zero-order valence-corrected chi connectivity index (χ0v) is 8.25. The van der Waals surface area contributed by atoms with E-state index >= 15 is 0 Å². The second kappa shape index (κ2) is 4.95. The van der Waals surface area contributed by atoms with Crippen LogP contribution < -0.4 is 10.6 Å². The van der Waals surface area contributed by atoms with Crippen LogP contribution in [0.1, 0.15) is 26.2 Å². The van der Waals surface area contributed by atoms with Crippen LogP contribution in [0.4, 0.5) is 0 Å². The van der Waals surface area contributed by atoms with Gasteiger partial charge in [0.25, 0.3) is 0 Å². The molecule has 1 rings (SSSR count). The van der Waals surface area contributed by atoms with Gasteiger partial charge in [0.15, 0.2) is 0 Å². The highest BCUT2D eigenvalue weighted by Crippen LogP contribution is 2.06. The van der Waals surface area contributed by atoms with Crippen LogP contribution in [0.15, 0.2) is 0 Å². The van der Waals surface area contributed by atoms with Crippen LogP contribution in [-0.2, 0) is 9.59 Å². The van der Waals surface area contributed by atoms with Gasteiger partial charge >= 0.3 is 5.97 Å². The maximum absolute atomic E-state index is 11.5. The molecule has 2 atom stereocenters. The first-order valence-corrected chi connectivity index (χ1v) is 4.88. The van der Waals surface area contributed by atoms with Crippen molar-refractivity contribution in [2.45, 2.75) is 38.3 Å². The molecule has 1 saturated heterocycles. The molecular weight excluding hydrogens is 184 g/mol. The summed E-state index contributed by atoms with van der Waals surface area (Å²) in [4.78, 5) is 22.0. The number of hydrogen-bond donors (Lipinski definition) is 3. The van der Waals surface area contributed by atoms with Crippen LogP contribution in [0.25, 0.3) is 0 Å². The third-order valence-corrected chi connectivity index (χ3v) is 2.36. The van der Waals surface area contributed by atoms with Crippen molar-refractivity contribution in [2.75, 3.05) is 6.54 Å². The Hall–Kier alpha value is -1.10. The summed E-state index contributed by atoms with van der Waals surface area (Å²) in [6, 6.07) is -1.03. The summed E-state index contributed by atoms with van der Waals surface area (Å²) in [6.45, 7) is 2.29. The molecule has 0 radical (unpaired) electrons. The van der Waals surface area contributed by atoms with Gasteiger partial charge in [0.1, 0.15) is 6.04 Å². The monoisotopic (exact) mass is 200 g/mol. The number of carboxylic acid groups (broad SMARTS) is 1. The van der Waals surface area contributed by atoms with Crippen LogP contribution in [-0.4, -0.2) is 35.6 Å². The highest BCUT2D eigenvalue weighted by Gasteiger charge is 2.23. The lowest BCUT2D eigenvalue weighted by Gasteiger charge is -2.23. The molecule has 0 bridgehead atoms. The fourth-order valence-electron chi connectivity index (χ4n) is 1.45. The average Bonchev–Trinajstić information content (AvgIpc) is 2.19. The van der Waals surface area contributed by atoms with E-state index in [1.807, 2.05) is 0 Å². The summed E-state index contributed by atoms with van der Waals surface area (Å²) in [7, 11) is 0. The molecule has 0 saturated carbocycles. The Labute approximate surface area is 82.9 Å². The SMILES string of the molecule is C[C@@H](NC(=O)[C@H]1CCCCN1)C(=O)O. The quantitative estimate of drug-likeness (QED) is 0.585. The maximum atomic E-state index is 11.5. The summed E-state index contributed by atoms with van der Waals surface area (Å²) in [5, 5.41) is 14.1. The highest BCUT2D eigenvalue weighted by atomic mass is 16.4. The van der Waals surface area contributed by atoms with Crippen molar-refractivity contribution in [2.24, 2.45) is 0 Å². The van der Waals surface area contributed by atoms with Crippen molar-refractivity contribution in [3.8, 4) is 0 Å². The molecule has 3 N–H and O–H groups in total. The van der Waals surface area contributed by atoms with Gasteiger partial charge in [0.2, 0.25) is 5.91 Å². The molecule has 0 aromatic carbocycles. The van der Waals surface area contributed by atoms with E-state index in [-0.39, 0.29) is 11.9 Å². The number of piperidine rings is 1. The molecule has 0 aliphatic carbocycles. The summed E-state index contributed by atoms with van der Waals surface area (Å²) < 4.78 is 0. The Morgan fingerprint density at radius 2 is 2.21 bits per heavy atom. The topological polar surface area (TPSA) is 78.4 Å². The third-order valence-electron chi connectivity index (χ3n) is 2.36. The Balaban J connectivity index is 2.36. The molecule has 5 heteroatoms. The number of amides is 1. The summed E-state index contributed by atoms with van der Waals surface area (Å²) in [6.07, 6.45) is 2.89. The summed E-state index contributed by atoms with van der Waals surface area (Å²) >= 11 is 0. The number of carbonyl (C=O) groups is 2. The fourth-order valence-corrected chi connectivity index (χ4v) is 1.45. The second-order valence-electron chi connectivity index (χ2n) is 3.57. The van der Waals surface area contributed by atoms with Crippen molar-refractivity contribution < 1.29 is 14.7 Å². The fraction of sp³-hybridized carbons (Fsp3) is 0.778. The third kappa shape index (κ3) is 2.99.